The van der Waals surface area contributed by atoms with Gasteiger partial charge in [-0.05, 0) is 60.0 Å². The molecule has 0 fully saturated rings. The van der Waals surface area contributed by atoms with Crippen molar-refractivity contribution in [1.29, 1.82) is 0 Å². The van der Waals surface area contributed by atoms with E-state index in [9.17, 15) is 22.4 Å². The van der Waals surface area contributed by atoms with Crippen molar-refractivity contribution >= 4 is 5.97 Å². The predicted octanol–water partition coefficient (Wildman–Crippen LogP) is 6.69. The molecule has 0 bridgehead atoms. The second kappa shape index (κ2) is 10.6. The summed E-state index contributed by atoms with van der Waals surface area (Å²) in [5.41, 5.74) is 1.22. The molecular formula is C28H20F4O4. The van der Waals surface area contributed by atoms with Gasteiger partial charge in [-0.3, -0.25) is 0 Å². The van der Waals surface area contributed by atoms with Gasteiger partial charge in [-0.1, -0.05) is 36.4 Å². The van der Waals surface area contributed by atoms with E-state index < -0.39 is 35.0 Å². The summed E-state index contributed by atoms with van der Waals surface area (Å²) in [6, 6.07) is 16.7. The van der Waals surface area contributed by atoms with E-state index in [1.165, 1.54) is 54.6 Å². The Bertz CT molecular complexity index is 1400. The first-order chi connectivity index (χ1) is 17.3. The van der Waals surface area contributed by atoms with Gasteiger partial charge in [0.05, 0.1) is 18.8 Å². The van der Waals surface area contributed by atoms with E-state index in [0.29, 0.717) is 16.7 Å². The molecule has 0 atom stereocenters. The molecule has 0 unspecified atom stereocenters. The molecule has 0 saturated carbocycles. The summed E-state index contributed by atoms with van der Waals surface area (Å²) in [4.78, 5) is 12.5. The molecule has 0 saturated heterocycles. The highest BCUT2D eigenvalue weighted by molar-refractivity contribution is 5.91. The lowest BCUT2D eigenvalue weighted by Gasteiger charge is -2.11. The van der Waals surface area contributed by atoms with Crippen LogP contribution in [0.3, 0.4) is 0 Å². The van der Waals surface area contributed by atoms with Crippen LogP contribution in [0.5, 0.6) is 11.5 Å². The highest BCUT2D eigenvalue weighted by Gasteiger charge is 2.20. The van der Waals surface area contributed by atoms with Crippen molar-refractivity contribution in [2.24, 2.45) is 0 Å². The smallest absolute Gasteiger partial charge is 0.343 e. The lowest BCUT2D eigenvalue weighted by Crippen LogP contribution is -2.10. The van der Waals surface area contributed by atoms with Gasteiger partial charge in [0.1, 0.15) is 0 Å². The Morgan fingerprint density at radius 1 is 0.694 bits per heavy atom. The van der Waals surface area contributed by atoms with Crippen molar-refractivity contribution in [3.8, 4) is 33.8 Å². The first-order valence-corrected chi connectivity index (χ1v) is 11.0. The van der Waals surface area contributed by atoms with E-state index in [2.05, 4.69) is 0 Å². The van der Waals surface area contributed by atoms with Crippen LogP contribution in [-0.2, 0) is 6.61 Å². The quantitative estimate of drug-likeness (QED) is 0.176. The second-order valence-corrected chi connectivity index (χ2v) is 7.73. The van der Waals surface area contributed by atoms with Crippen LogP contribution >= 0.6 is 0 Å². The van der Waals surface area contributed by atoms with Gasteiger partial charge in [0.15, 0.2) is 23.1 Å². The lowest BCUT2D eigenvalue weighted by atomic mass is 10.0. The maximum absolute atomic E-state index is 14.7. The zero-order valence-electron chi connectivity index (χ0n) is 19.0. The number of halogens is 4. The van der Waals surface area contributed by atoms with Gasteiger partial charge >= 0.3 is 5.97 Å². The number of benzene rings is 4. The molecule has 4 nitrogen and oxygen atoms in total. The van der Waals surface area contributed by atoms with E-state index in [1.54, 1.807) is 19.1 Å². The van der Waals surface area contributed by atoms with Gasteiger partial charge in [0.25, 0.3) is 0 Å². The van der Waals surface area contributed by atoms with Crippen LogP contribution in [0.15, 0.2) is 72.8 Å². The normalized spacial score (nSPS) is 10.8. The predicted molar refractivity (Wildman–Crippen MR) is 126 cm³/mol. The molecule has 4 aromatic carbocycles. The third-order valence-electron chi connectivity index (χ3n) is 5.48. The maximum Gasteiger partial charge on any atom is 0.343 e. The van der Waals surface area contributed by atoms with Gasteiger partial charge < -0.3 is 14.6 Å². The minimum Gasteiger partial charge on any atom is -0.491 e. The topological polar surface area (TPSA) is 55.8 Å². The molecular weight excluding hydrogens is 476 g/mol. The van der Waals surface area contributed by atoms with E-state index >= 15 is 0 Å². The summed E-state index contributed by atoms with van der Waals surface area (Å²) in [6.45, 7) is 1.64. The van der Waals surface area contributed by atoms with E-state index in [0.717, 1.165) is 6.07 Å². The number of hydrogen-bond donors (Lipinski definition) is 1. The lowest BCUT2D eigenvalue weighted by molar-refractivity contribution is 0.0726. The highest BCUT2D eigenvalue weighted by Crippen LogP contribution is 2.32. The van der Waals surface area contributed by atoms with Crippen LogP contribution in [0.1, 0.15) is 22.8 Å². The molecule has 0 heterocycles. The standard InChI is InChI=1S/C28H20F4O4/c1-2-35-22-13-11-20(24(29)26(22)31)18-7-9-19(10-8-18)28(34)36-23-14-12-21(25(30)27(23)32)17-5-3-16(15-33)4-6-17/h3-14,33H,2,15H2,1H3. The van der Waals surface area contributed by atoms with Crippen molar-refractivity contribution in [2.75, 3.05) is 6.61 Å². The van der Waals surface area contributed by atoms with Crippen LogP contribution < -0.4 is 9.47 Å². The zero-order chi connectivity index (χ0) is 25.8. The molecule has 0 aliphatic rings. The number of carbonyl (C=O) groups excluding carboxylic acids is 1. The molecule has 36 heavy (non-hydrogen) atoms. The number of carbonyl (C=O) groups is 1. The number of esters is 1. The van der Waals surface area contributed by atoms with E-state index in [1.807, 2.05) is 0 Å². The van der Waals surface area contributed by atoms with Crippen LogP contribution in [0.4, 0.5) is 17.6 Å². The fourth-order valence-electron chi connectivity index (χ4n) is 3.59. The van der Waals surface area contributed by atoms with Gasteiger partial charge in [-0.2, -0.15) is 8.78 Å². The Morgan fingerprint density at radius 2 is 1.19 bits per heavy atom. The van der Waals surface area contributed by atoms with Crippen molar-refractivity contribution in [2.45, 2.75) is 13.5 Å². The van der Waals surface area contributed by atoms with Crippen molar-refractivity contribution in [3.63, 3.8) is 0 Å². The van der Waals surface area contributed by atoms with E-state index in [4.69, 9.17) is 14.6 Å². The van der Waals surface area contributed by atoms with Crippen molar-refractivity contribution < 1.29 is 36.9 Å². The minimum atomic E-state index is -1.34. The van der Waals surface area contributed by atoms with Crippen molar-refractivity contribution in [1.82, 2.24) is 0 Å². The SMILES string of the molecule is CCOc1ccc(-c2ccc(C(=O)Oc3ccc(-c4ccc(CO)cc4)c(F)c3F)cc2)c(F)c1F. The maximum atomic E-state index is 14.7. The number of aliphatic hydroxyl groups is 1. The number of aliphatic hydroxyl groups excluding tert-OH is 1. The molecule has 8 heteroatoms. The Hall–Kier alpha value is -4.17. The highest BCUT2D eigenvalue weighted by atomic mass is 19.2. The Kier molecular flexibility index (Phi) is 7.36. The Balaban J connectivity index is 1.53. The molecule has 0 amide bonds. The Labute approximate surface area is 204 Å². The summed E-state index contributed by atoms with van der Waals surface area (Å²) in [7, 11) is 0. The summed E-state index contributed by atoms with van der Waals surface area (Å²) < 4.78 is 68.0. The fraction of sp³-hybridized carbons (Fsp3) is 0.107. The second-order valence-electron chi connectivity index (χ2n) is 7.73. The molecule has 0 aliphatic carbocycles. The molecule has 4 rings (SSSR count). The molecule has 1 N–H and O–H groups in total. The first-order valence-electron chi connectivity index (χ1n) is 11.0. The van der Waals surface area contributed by atoms with E-state index in [-0.39, 0.29) is 35.7 Å². The number of ether oxygens (including phenoxy) is 2. The molecule has 4 aromatic rings. The van der Waals surface area contributed by atoms with Gasteiger partial charge in [0.2, 0.25) is 11.6 Å². The zero-order valence-corrected chi connectivity index (χ0v) is 19.0. The van der Waals surface area contributed by atoms with Gasteiger partial charge in [-0.25, -0.2) is 13.6 Å². The average Bonchev–Trinajstić information content (AvgIpc) is 2.90. The number of hydrogen-bond acceptors (Lipinski definition) is 4. The first kappa shape index (κ1) is 24.9. The van der Waals surface area contributed by atoms with Gasteiger partial charge in [0, 0.05) is 11.1 Å². The monoisotopic (exact) mass is 496 g/mol. The third kappa shape index (κ3) is 4.94. The average molecular weight is 496 g/mol. The number of rotatable bonds is 7. The summed E-state index contributed by atoms with van der Waals surface area (Å²) in [6.07, 6.45) is 0. The minimum absolute atomic E-state index is 0.00552. The Morgan fingerprint density at radius 3 is 1.72 bits per heavy atom. The summed E-state index contributed by atoms with van der Waals surface area (Å²) in [5, 5.41) is 9.12. The molecule has 184 valence electrons. The molecule has 0 aliphatic heterocycles. The van der Waals surface area contributed by atoms with Crippen LogP contribution in [0, 0.1) is 23.3 Å². The summed E-state index contributed by atoms with van der Waals surface area (Å²) >= 11 is 0. The van der Waals surface area contributed by atoms with Crippen LogP contribution in [0.25, 0.3) is 22.3 Å². The van der Waals surface area contributed by atoms with Crippen molar-refractivity contribution in [3.05, 3.63) is 107 Å². The fourth-order valence-corrected chi connectivity index (χ4v) is 3.59. The van der Waals surface area contributed by atoms with Crippen LogP contribution in [0.2, 0.25) is 0 Å². The third-order valence-corrected chi connectivity index (χ3v) is 5.48. The summed E-state index contributed by atoms with van der Waals surface area (Å²) in [5.74, 6) is -6.52. The molecule has 0 spiro atoms. The van der Waals surface area contributed by atoms with Crippen LogP contribution in [-0.4, -0.2) is 17.7 Å². The molecule has 0 radical (unpaired) electrons. The molecule has 0 aromatic heterocycles. The van der Waals surface area contributed by atoms with Gasteiger partial charge in [-0.15, -0.1) is 0 Å². The largest absolute Gasteiger partial charge is 0.491 e.